The van der Waals surface area contributed by atoms with Crippen LogP contribution in [0.15, 0.2) is 36.7 Å². The number of hydrogen-bond donors (Lipinski definition) is 1. The van der Waals surface area contributed by atoms with Gasteiger partial charge in [0.25, 0.3) is 5.69 Å². The van der Waals surface area contributed by atoms with E-state index >= 15 is 0 Å². The highest BCUT2D eigenvalue weighted by atomic mass is 16.6. The van der Waals surface area contributed by atoms with Crippen molar-refractivity contribution in [2.24, 2.45) is 7.05 Å². The maximum absolute atomic E-state index is 12.3. The SMILES string of the molecule is C[C@H](C(=O)Nc1cccc([N+](=O)[O-])c1)N(C)Cc1nccn1C. The highest BCUT2D eigenvalue weighted by Gasteiger charge is 2.20. The number of benzene rings is 1. The zero-order valence-electron chi connectivity index (χ0n) is 13.3. The van der Waals surface area contributed by atoms with Gasteiger partial charge in [-0.05, 0) is 20.0 Å². The van der Waals surface area contributed by atoms with Crippen LogP contribution in [0.25, 0.3) is 0 Å². The van der Waals surface area contributed by atoms with Gasteiger partial charge in [0.2, 0.25) is 5.91 Å². The van der Waals surface area contributed by atoms with Crippen LogP contribution in [-0.4, -0.2) is 38.4 Å². The quantitative estimate of drug-likeness (QED) is 0.647. The summed E-state index contributed by atoms with van der Waals surface area (Å²) in [6.45, 7) is 2.29. The average molecular weight is 317 g/mol. The summed E-state index contributed by atoms with van der Waals surface area (Å²) in [7, 11) is 3.72. The predicted octanol–water partition coefficient (Wildman–Crippen LogP) is 1.79. The molecule has 8 nitrogen and oxygen atoms in total. The number of anilines is 1. The fourth-order valence-corrected chi connectivity index (χ4v) is 2.05. The monoisotopic (exact) mass is 317 g/mol. The van der Waals surface area contributed by atoms with E-state index in [0.717, 1.165) is 5.82 Å². The number of imidazole rings is 1. The molecule has 0 saturated carbocycles. The molecule has 0 unspecified atom stereocenters. The molecular formula is C15H19N5O3. The molecule has 0 bridgehead atoms. The van der Waals surface area contributed by atoms with Gasteiger partial charge in [0, 0.05) is 37.3 Å². The van der Waals surface area contributed by atoms with Gasteiger partial charge in [-0.3, -0.25) is 19.8 Å². The van der Waals surface area contributed by atoms with Crippen molar-refractivity contribution < 1.29 is 9.72 Å². The Morgan fingerprint density at radius 3 is 2.87 bits per heavy atom. The van der Waals surface area contributed by atoms with Gasteiger partial charge < -0.3 is 9.88 Å². The lowest BCUT2D eigenvalue weighted by atomic mass is 10.2. The molecule has 2 rings (SSSR count). The molecule has 1 N–H and O–H groups in total. The van der Waals surface area contributed by atoms with Crippen LogP contribution in [0.4, 0.5) is 11.4 Å². The van der Waals surface area contributed by atoms with Gasteiger partial charge in [-0.1, -0.05) is 6.07 Å². The molecule has 0 aliphatic heterocycles. The number of nitro benzene ring substituents is 1. The van der Waals surface area contributed by atoms with E-state index in [-0.39, 0.29) is 11.6 Å². The Balaban J connectivity index is 2.00. The lowest BCUT2D eigenvalue weighted by Crippen LogP contribution is -2.39. The number of carbonyl (C=O) groups is 1. The number of aromatic nitrogens is 2. The molecule has 2 aromatic rings. The Morgan fingerprint density at radius 2 is 2.26 bits per heavy atom. The van der Waals surface area contributed by atoms with Crippen LogP contribution in [0, 0.1) is 10.1 Å². The van der Waals surface area contributed by atoms with Crippen LogP contribution in [-0.2, 0) is 18.4 Å². The van der Waals surface area contributed by atoms with Crippen LogP contribution < -0.4 is 5.32 Å². The van der Waals surface area contributed by atoms with Gasteiger partial charge in [0.1, 0.15) is 5.82 Å². The van der Waals surface area contributed by atoms with E-state index < -0.39 is 11.0 Å². The summed E-state index contributed by atoms with van der Waals surface area (Å²) < 4.78 is 1.89. The van der Waals surface area contributed by atoms with Crippen molar-refractivity contribution in [3.63, 3.8) is 0 Å². The van der Waals surface area contributed by atoms with Gasteiger partial charge >= 0.3 is 0 Å². The predicted molar refractivity (Wildman–Crippen MR) is 85.9 cm³/mol. The van der Waals surface area contributed by atoms with Crippen LogP contribution in [0.2, 0.25) is 0 Å². The van der Waals surface area contributed by atoms with Crippen molar-refractivity contribution >= 4 is 17.3 Å². The zero-order chi connectivity index (χ0) is 17.0. The Labute approximate surface area is 133 Å². The first-order valence-corrected chi connectivity index (χ1v) is 7.10. The molecule has 0 aliphatic rings. The molecule has 1 heterocycles. The number of likely N-dealkylation sites (N-methyl/N-ethyl adjacent to an activating group) is 1. The minimum absolute atomic E-state index is 0.0585. The molecular weight excluding hydrogens is 298 g/mol. The minimum Gasteiger partial charge on any atom is -0.337 e. The smallest absolute Gasteiger partial charge is 0.271 e. The summed E-state index contributed by atoms with van der Waals surface area (Å²) in [5.41, 5.74) is 0.346. The summed E-state index contributed by atoms with van der Waals surface area (Å²) in [5, 5.41) is 13.5. The fraction of sp³-hybridized carbons (Fsp3) is 0.333. The van der Waals surface area contributed by atoms with Crippen molar-refractivity contribution in [1.82, 2.24) is 14.5 Å². The Hall–Kier alpha value is -2.74. The summed E-state index contributed by atoms with van der Waals surface area (Å²) in [5.74, 6) is 0.615. The number of amides is 1. The number of nitrogens with zero attached hydrogens (tertiary/aromatic N) is 4. The number of aryl methyl sites for hydroxylation is 1. The topological polar surface area (TPSA) is 93.3 Å². The zero-order valence-corrected chi connectivity index (χ0v) is 13.3. The third kappa shape index (κ3) is 4.13. The van der Waals surface area contributed by atoms with Crippen LogP contribution in [0.3, 0.4) is 0 Å². The lowest BCUT2D eigenvalue weighted by molar-refractivity contribution is -0.384. The summed E-state index contributed by atoms with van der Waals surface area (Å²) >= 11 is 0. The molecule has 122 valence electrons. The van der Waals surface area contributed by atoms with E-state index in [1.807, 2.05) is 29.8 Å². The van der Waals surface area contributed by atoms with Gasteiger partial charge in [0.05, 0.1) is 17.5 Å². The molecule has 0 spiro atoms. The molecule has 0 aliphatic carbocycles. The van der Waals surface area contributed by atoms with Crippen LogP contribution in [0.1, 0.15) is 12.7 Å². The first-order chi connectivity index (χ1) is 10.9. The molecule has 23 heavy (non-hydrogen) atoms. The second-order valence-corrected chi connectivity index (χ2v) is 5.34. The molecule has 1 amide bonds. The van der Waals surface area contributed by atoms with Gasteiger partial charge in [-0.25, -0.2) is 4.98 Å². The van der Waals surface area contributed by atoms with Gasteiger partial charge in [-0.15, -0.1) is 0 Å². The molecule has 0 saturated heterocycles. The summed E-state index contributed by atoms with van der Waals surface area (Å²) in [4.78, 5) is 28.7. The Morgan fingerprint density at radius 1 is 1.52 bits per heavy atom. The lowest BCUT2D eigenvalue weighted by Gasteiger charge is -2.23. The van der Waals surface area contributed by atoms with Crippen molar-refractivity contribution in [2.45, 2.75) is 19.5 Å². The van der Waals surface area contributed by atoms with Crippen molar-refractivity contribution in [3.8, 4) is 0 Å². The minimum atomic E-state index is -0.494. The summed E-state index contributed by atoms with van der Waals surface area (Å²) in [6.07, 6.45) is 3.55. The third-order valence-electron chi connectivity index (χ3n) is 3.68. The fourth-order valence-electron chi connectivity index (χ4n) is 2.05. The van der Waals surface area contributed by atoms with Gasteiger partial charge in [0.15, 0.2) is 0 Å². The number of non-ortho nitro benzene ring substituents is 1. The first kappa shape index (κ1) is 16.6. The number of rotatable bonds is 6. The third-order valence-corrected chi connectivity index (χ3v) is 3.68. The van der Waals surface area contributed by atoms with Crippen molar-refractivity contribution in [1.29, 1.82) is 0 Å². The van der Waals surface area contributed by atoms with E-state index in [9.17, 15) is 14.9 Å². The Bertz CT molecular complexity index is 713. The number of nitro groups is 1. The highest BCUT2D eigenvalue weighted by Crippen LogP contribution is 2.17. The standard InChI is InChI=1S/C15H19N5O3/c1-11(19(3)10-14-16-7-8-18(14)2)15(21)17-12-5-4-6-13(9-12)20(22)23/h4-9,11H,10H2,1-3H3,(H,17,21)/t11-/m1/s1. The van der Waals surface area contributed by atoms with Gasteiger partial charge in [-0.2, -0.15) is 0 Å². The second-order valence-electron chi connectivity index (χ2n) is 5.34. The number of nitrogens with one attached hydrogen (secondary N) is 1. The maximum Gasteiger partial charge on any atom is 0.271 e. The second kappa shape index (κ2) is 7.01. The van der Waals surface area contributed by atoms with E-state index in [0.29, 0.717) is 12.2 Å². The highest BCUT2D eigenvalue weighted by molar-refractivity contribution is 5.94. The molecule has 0 radical (unpaired) electrons. The largest absolute Gasteiger partial charge is 0.337 e. The average Bonchev–Trinajstić information content (AvgIpc) is 2.91. The van der Waals surface area contributed by atoms with E-state index in [4.69, 9.17) is 0 Å². The van der Waals surface area contributed by atoms with E-state index in [1.54, 1.807) is 19.2 Å². The van der Waals surface area contributed by atoms with E-state index in [2.05, 4.69) is 10.3 Å². The number of carbonyl (C=O) groups excluding carboxylic acids is 1. The maximum atomic E-state index is 12.3. The molecule has 0 fully saturated rings. The molecule has 1 aromatic heterocycles. The van der Waals surface area contributed by atoms with Crippen LogP contribution >= 0.6 is 0 Å². The number of hydrogen-bond acceptors (Lipinski definition) is 5. The molecule has 1 aromatic carbocycles. The summed E-state index contributed by atoms with van der Waals surface area (Å²) in [6, 6.07) is 5.47. The Kier molecular flexibility index (Phi) is 5.07. The van der Waals surface area contributed by atoms with E-state index in [1.165, 1.54) is 18.2 Å². The normalized spacial score (nSPS) is 12.2. The van der Waals surface area contributed by atoms with Crippen molar-refractivity contribution in [2.75, 3.05) is 12.4 Å². The molecule has 1 atom stereocenters. The molecule has 8 heteroatoms. The van der Waals surface area contributed by atoms with Crippen molar-refractivity contribution in [3.05, 3.63) is 52.6 Å². The first-order valence-electron chi connectivity index (χ1n) is 7.10. The van der Waals surface area contributed by atoms with Crippen LogP contribution in [0.5, 0.6) is 0 Å².